The van der Waals surface area contributed by atoms with Gasteiger partial charge < -0.3 is 9.47 Å². The van der Waals surface area contributed by atoms with Gasteiger partial charge in [0.05, 0.1) is 23.7 Å². The molecule has 0 aliphatic heterocycles. The quantitative estimate of drug-likeness (QED) is 0.367. The standard InChI is InChI=1S/C13H10N2O5/c1-19-11-5-4-10(15(17)18)7-12(11)20-13(16)9-3-2-6-14-8-9/h2-8H,1H3. The lowest BCUT2D eigenvalue weighted by molar-refractivity contribution is -0.384. The number of nitro groups is 1. The lowest BCUT2D eigenvalue weighted by Gasteiger charge is -2.08. The van der Waals surface area contributed by atoms with Gasteiger partial charge in [0.2, 0.25) is 0 Å². The molecule has 0 saturated carbocycles. The number of nitrogens with zero attached hydrogens (tertiary/aromatic N) is 2. The molecular formula is C13H10N2O5. The molecule has 0 radical (unpaired) electrons. The van der Waals surface area contributed by atoms with E-state index >= 15 is 0 Å². The lowest BCUT2D eigenvalue weighted by atomic mass is 10.2. The molecule has 1 aromatic carbocycles. The maximum atomic E-state index is 11.9. The van der Waals surface area contributed by atoms with Gasteiger partial charge >= 0.3 is 5.97 Å². The van der Waals surface area contributed by atoms with E-state index in [0.717, 1.165) is 6.07 Å². The highest BCUT2D eigenvalue weighted by Crippen LogP contribution is 2.31. The van der Waals surface area contributed by atoms with Crippen molar-refractivity contribution >= 4 is 11.7 Å². The van der Waals surface area contributed by atoms with Crippen LogP contribution in [-0.2, 0) is 0 Å². The summed E-state index contributed by atoms with van der Waals surface area (Å²) in [7, 11) is 1.38. The summed E-state index contributed by atoms with van der Waals surface area (Å²) in [6.45, 7) is 0. The van der Waals surface area contributed by atoms with E-state index in [4.69, 9.17) is 9.47 Å². The van der Waals surface area contributed by atoms with E-state index in [-0.39, 0.29) is 22.7 Å². The Kier molecular flexibility index (Phi) is 3.90. The Morgan fingerprint density at radius 1 is 1.30 bits per heavy atom. The molecule has 0 bridgehead atoms. The van der Waals surface area contributed by atoms with Crippen molar-refractivity contribution in [3.05, 3.63) is 58.4 Å². The van der Waals surface area contributed by atoms with Crippen molar-refractivity contribution in [2.75, 3.05) is 7.11 Å². The molecule has 7 heteroatoms. The zero-order valence-electron chi connectivity index (χ0n) is 10.5. The number of ether oxygens (including phenoxy) is 2. The zero-order valence-corrected chi connectivity index (χ0v) is 10.5. The number of hydrogen-bond donors (Lipinski definition) is 0. The van der Waals surface area contributed by atoms with Crippen LogP contribution in [0.5, 0.6) is 11.5 Å². The second kappa shape index (κ2) is 5.79. The summed E-state index contributed by atoms with van der Waals surface area (Å²) in [5.41, 5.74) is 0.0424. The van der Waals surface area contributed by atoms with Crippen LogP contribution >= 0.6 is 0 Å². The summed E-state index contributed by atoms with van der Waals surface area (Å²) in [6.07, 6.45) is 2.86. The Bertz CT molecular complexity index is 642. The van der Waals surface area contributed by atoms with E-state index in [1.807, 2.05) is 0 Å². The van der Waals surface area contributed by atoms with Crippen LogP contribution in [0.2, 0.25) is 0 Å². The fourth-order valence-corrected chi connectivity index (χ4v) is 1.50. The van der Waals surface area contributed by atoms with Crippen LogP contribution in [0.15, 0.2) is 42.7 Å². The van der Waals surface area contributed by atoms with Gasteiger partial charge in [-0.25, -0.2) is 4.79 Å². The molecular weight excluding hydrogens is 264 g/mol. The summed E-state index contributed by atoms with van der Waals surface area (Å²) in [6, 6.07) is 6.87. The molecule has 1 heterocycles. The number of aromatic nitrogens is 1. The van der Waals surface area contributed by atoms with Crippen LogP contribution in [0.25, 0.3) is 0 Å². The Morgan fingerprint density at radius 2 is 2.10 bits per heavy atom. The molecule has 2 rings (SSSR count). The average molecular weight is 274 g/mol. The first-order valence-electron chi connectivity index (χ1n) is 5.56. The Hall–Kier alpha value is -2.96. The third-order valence-corrected chi connectivity index (χ3v) is 2.46. The maximum Gasteiger partial charge on any atom is 0.345 e. The van der Waals surface area contributed by atoms with Gasteiger partial charge in [0.25, 0.3) is 5.69 Å². The van der Waals surface area contributed by atoms with Crippen LogP contribution in [0.3, 0.4) is 0 Å². The Balaban J connectivity index is 2.30. The highest BCUT2D eigenvalue weighted by atomic mass is 16.6. The number of nitro benzene ring substituents is 1. The maximum absolute atomic E-state index is 11.9. The number of pyridine rings is 1. The summed E-state index contributed by atoms with van der Waals surface area (Å²) < 4.78 is 10.1. The Morgan fingerprint density at radius 3 is 2.70 bits per heavy atom. The topological polar surface area (TPSA) is 91.6 Å². The summed E-state index contributed by atoms with van der Waals surface area (Å²) in [5, 5.41) is 10.7. The summed E-state index contributed by atoms with van der Waals surface area (Å²) >= 11 is 0. The summed E-state index contributed by atoms with van der Waals surface area (Å²) in [5.74, 6) is -0.458. The fourth-order valence-electron chi connectivity index (χ4n) is 1.50. The largest absolute Gasteiger partial charge is 0.493 e. The van der Waals surface area contributed by atoms with Gasteiger partial charge in [0.15, 0.2) is 11.5 Å². The number of rotatable bonds is 4. The van der Waals surface area contributed by atoms with Gasteiger partial charge in [0, 0.05) is 18.5 Å². The second-order valence-electron chi connectivity index (χ2n) is 3.72. The van der Waals surface area contributed by atoms with Crippen LogP contribution < -0.4 is 9.47 Å². The van der Waals surface area contributed by atoms with Gasteiger partial charge in [0.1, 0.15) is 0 Å². The SMILES string of the molecule is COc1ccc([N+](=O)[O-])cc1OC(=O)c1cccnc1. The lowest BCUT2D eigenvalue weighted by Crippen LogP contribution is -2.09. The number of benzene rings is 1. The molecule has 0 aliphatic carbocycles. The van der Waals surface area contributed by atoms with E-state index in [0.29, 0.717) is 0 Å². The molecule has 1 aromatic heterocycles. The number of non-ortho nitro benzene ring substituents is 1. The van der Waals surface area contributed by atoms with Crippen molar-refractivity contribution in [1.29, 1.82) is 0 Å². The van der Waals surface area contributed by atoms with Crippen molar-refractivity contribution in [1.82, 2.24) is 4.98 Å². The molecule has 20 heavy (non-hydrogen) atoms. The molecule has 0 saturated heterocycles. The van der Waals surface area contributed by atoms with Crippen LogP contribution in [0, 0.1) is 10.1 Å². The van der Waals surface area contributed by atoms with Crippen LogP contribution in [0.1, 0.15) is 10.4 Å². The van der Waals surface area contributed by atoms with Gasteiger partial charge in [-0.05, 0) is 18.2 Å². The molecule has 0 N–H and O–H groups in total. The minimum Gasteiger partial charge on any atom is -0.493 e. The van der Waals surface area contributed by atoms with E-state index in [2.05, 4.69) is 4.98 Å². The van der Waals surface area contributed by atoms with Crippen LogP contribution in [-0.4, -0.2) is 23.0 Å². The van der Waals surface area contributed by atoms with Gasteiger partial charge in [-0.1, -0.05) is 0 Å². The molecule has 0 fully saturated rings. The van der Waals surface area contributed by atoms with Gasteiger partial charge in [-0.3, -0.25) is 15.1 Å². The van der Waals surface area contributed by atoms with E-state index in [1.165, 1.54) is 37.7 Å². The van der Waals surface area contributed by atoms with E-state index < -0.39 is 10.9 Å². The minimum atomic E-state index is -0.670. The molecule has 0 atom stereocenters. The van der Waals surface area contributed by atoms with Crippen LogP contribution in [0.4, 0.5) is 5.69 Å². The first-order chi connectivity index (χ1) is 9.61. The van der Waals surface area contributed by atoms with Gasteiger partial charge in [-0.15, -0.1) is 0 Å². The highest BCUT2D eigenvalue weighted by Gasteiger charge is 2.16. The van der Waals surface area contributed by atoms with Crippen molar-refractivity contribution in [3.63, 3.8) is 0 Å². The third-order valence-electron chi connectivity index (χ3n) is 2.46. The van der Waals surface area contributed by atoms with Crippen molar-refractivity contribution in [2.45, 2.75) is 0 Å². The van der Waals surface area contributed by atoms with Crippen molar-refractivity contribution in [3.8, 4) is 11.5 Å². The highest BCUT2D eigenvalue weighted by molar-refractivity contribution is 5.91. The van der Waals surface area contributed by atoms with E-state index in [9.17, 15) is 14.9 Å². The minimum absolute atomic E-state index is 0.0180. The van der Waals surface area contributed by atoms with Gasteiger partial charge in [-0.2, -0.15) is 0 Å². The fraction of sp³-hybridized carbons (Fsp3) is 0.0769. The predicted octanol–water partition coefficient (Wildman–Crippen LogP) is 2.22. The normalized spacial score (nSPS) is 9.85. The van der Waals surface area contributed by atoms with Crippen molar-refractivity contribution in [2.24, 2.45) is 0 Å². The predicted molar refractivity (Wildman–Crippen MR) is 68.8 cm³/mol. The molecule has 102 valence electrons. The zero-order chi connectivity index (χ0) is 14.5. The molecule has 0 unspecified atom stereocenters. The molecule has 7 nitrogen and oxygen atoms in total. The number of carbonyl (C=O) groups is 1. The molecule has 0 amide bonds. The van der Waals surface area contributed by atoms with Crippen molar-refractivity contribution < 1.29 is 19.2 Å². The monoisotopic (exact) mass is 274 g/mol. The molecule has 0 aliphatic rings. The Labute approximate surface area is 113 Å². The first kappa shape index (κ1) is 13.5. The average Bonchev–Trinajstić information content (AvgIpc) is 2.48. The number of methoxy groups -OCH3 is 1. The molecule has 2 aromatic rings. The first-order valence-corrected chi connectivity index (χ1v) is 5.56. The van der Waals surface area contributed by atoms with E-state index in [1.54, 1.807) is 6.07 Å². The molecule has 0 spiro atoms. The number of esters is 1. The summed E-state index contributed by atoms with van der Waals surface area (Å²) in [4.78, 5) is 25.8. The number of carbonyl (C=O) groups excluding carboxylic acids is 1. The number of hydrogen-bond acceptors (Lipinski definition) is 6. The smallest absolute Gasteiger partial charge is 0.345 e. The second-order valence-corrected chi connectivity index (χ2v) is 3.72. The third kappa shape index (κ3) is 2.89.